The molecule has 2 heterocycles. The van der Waals surface area contributed by atoms with Crippen LogP contribution in [-0.4, -0.2) is 32.5 Å². The molecule has 2 aromatic rings. The van der Waals surface area contributed by atoms with Crippen molar-refractivity contribution < 1.29 is 19.1 Å². The van der Waals surface area contributed by atoms with Crippen molar-refractivity contribution in [3.63, 3.8) is 0 Å². The fraction of sp³-hybridized carbons (Fsp3) is 0.200. The predicted molar refractivity (Wildman–Crippen MR) is 84.3 cm³/mol. The maximum Gasteiger partial charge on any atom is 0.350 e. The lowest BCUT2D eigenvalue weighted by Crippen LogP contribution is -2.42. The number of aromatic nitrogens is 3. The maximum absolute atomic E-state index is 11.9. The van der Waals surface area contributed by atoms with E-state index < -0.39 is 17.7 Å². The van der Waals surface area contributed by atoms with Gasteiger partial charge in [0.25, 0.3) is 5.79 Å². The van der Waals surface area contributed by atoms with E-state index in [-0.39, 0.29) is 5.57 Å². The van der Waals surface area contributed by atoms with Crippen LogP contribution in [0.1, 0.15) is 13.8 Å². The van der Waals surface area contributed by atoms with Gasteiger partial charge in [-0.1, -0.05) is 11.6 Å². The van der Waals surface area contributed by atoms with Crippen molar-refractivity contribution in [1.29, 1.82) is 0 Å². The zero-order valence-corrected chi connectivity index (χ0v) is 13.6. The van der Waals surface area contributed by atoms with E-state index in [1.807, 2.05) is 0 Å². The van der Waals surface area contributed by atoms with Crippen LogP contribution < -0.4 is 5.32 Å². The average Bonchev–Trinajstić information content (AvgIpc) is 2.99. The monoisotopic (exact) mass is 348 g/mol. The second-order valence-electron chi connectivity index (χ2n) is 5.38. The third-order valence-corrected chi connectivity index (χ3v) is 3.35. The van der Waals surface area contributed by atoms with E-state index in [0.717, 1.165) is 0 Å². The Labute approximate surface area is 142 Å². The van der Waals surface area contributed by atoms with Crippen LogP contribution in [0.25, 0.3) is 5.69 Å². The van der Waals surface area contributed by atoms with Gasteiger partial charge in [-0.15, -0.1) is 0 Å². The summed E-state index contributed by atoms with van der Waals surface area (Å²) < 4.78 is 11.6. The molecule has 0 radical (unpaired) electrons. The molecule has 8 nitrogen and oxygen atoms in total. The van der Waals surface area contributed by atoms with Crippen molar-refractivity contribution >= 4 is 29.2 Å². The summed E-state index contributed by atoms with van der Waals surface area (Å²) in [6, 6.07) is 5.03. The molecule has 0 atom stereocenters. The van der Waals surface area contributed by atoms with Gasteiger partial charge in [0.05, 0.1) is 11.4 Å². The fourth-order valence-electron chi connectivity index (χ4n) is 2.08. The first-order valence-corrected chi connectivity index (χ1v) is 7.31. The molecule has 0 amide bonds. The zero-order chi connectivity index (χ0) is 17.3. The Kier molecular flexibility index (Phi) is 3.98. The van der Waals surface area contributed by atoms with E-state index in [0.29, 0.717) is 16.4 Å². The Hall–Kier alpha value is -2.87. The smallest absolute Gasteiger partial charge is 0.350 e. The first-order valence-electron chi connectivity index (χ1n) is 6.94. The average molecular weight is 349 g/mol. The van der Waals surface area contributed by atoms with Gasteiger partial charge in [-0.25, -0.2) is 19.3 Å². The van der Waals surface area contributed by atoms with Crippen LogP contribution in [0.2, 0.25) is 5.02 Å². The van der Waals surface area contributed by atoms with Crippen LogP contribution in [-0.2, 0) is 19.1 Å². The van der Waals surface area contributed by atoms with Gasteiger partial charge in [-0.05, 0) is 18.2 Å². The summed E-state index contributed by atoms with van der Waals surface area (Å²) in [6.45, 7) is 2.96. The highest BCUT2D eigenvalue weighted by Crippen LogP contribution is 2.26. The summed E-state index contributed by atoms with van der Waals surface area (Å²) in [6.07, 6.45) is 4.11. The highest BCUT2D eigenvalue weighted by atomic mass is 35.5. The minimum Gasteiger partial charge on any atom is -0.419 e. The highest BCUT2D eigenvalue weighted by Gasteiger charge is 2.38. The van der Waals surface area contributed by atoms with Gasteiger partial charge >= 0.3 is 11.9 Å². The lowest BCUT2D eigenvalue weighted by atomic mass is 10.2. The molecule has 0 spiro atoms. The zero-order valence-electron chi connectivity index (χ0n) is 12.8. The van der Waals surface area contributed by atoms with Gasteiger partial charge in [-0.3, -0.25) is 0 Å². The molecule has 0 bridgehead atoms. The molecular weight excluding hydrogens is 336 g/mol. The SMILES string of the molecule is CC1(C)OC(=O)C(=CNc2cc(Cl)ccc2-n2cncn2)C(=O)O1. The number of rotatable bonds is 3. The van der Waals surface area contributed by atoms with Gasteiger partial charge < -0.3 is 14.8 Å². The summed E-state index contributed by atoms with van der Waals surface area (Å²) >= 11 is 6.01. The molecule has 1 aromatic carbocycles. The third-order valence-electron chi connectivity index (χ3n) is 3.11. The summed E-state index contributed by atoms with van der Waals surface area (Å²) in [7, 11) is 0. The van der Waals surface area contributed by atoms with Gasteiger partial charge in [0, 0.05) is 25.1 Å². The molecule has 24 heavy (non-hydrogen) atoms. The van der Waals surface area contributed by atoms with Crippen LogP contribution >= 0.6 is 11.6 Å². The molecule has 3 rings (SSSR count). The standard InChI is InChI=1S/C15H13ClN4O4/c1-15(2)23-13(21)10(14(22)24-15)6-18-11-5-9(16)3-4-12(11)20-8-17-7-19-20/h3-8,18H,1-2H3. The Balaban J connectivity index is 1.91. The van der Waals surface area contributed by atoms with Crippen molar-refractivity contribution in [2.24, 2.45) is 0 Å². The fourth-order valence-corrected chi connectivity index (χ4v) is 2.26. The van der Waals surface area contributed by atoms with Gasteiger partial charge in [-0.2, -0.15) is 5.10 Å². The highest BCUT2D eigenvalue weighted by molar-refractivity contribution is 6.31. The second kappa shape index (κ2) is 5.97. The molecule has 1 N–H and O–H groups in total. The number of ether oxygens (including phenoxy) is 2. The predicted octanol–water partition coefficient (Wildman–Crippen LogP) is 2.05. The number of halogens is 1. The Morgan fingerprint density at radius 2 is 1.96 bits per heavy atom. The van der Waals surface area contributed by atoms with Crippen molar-refractivity contribution in [3.05, 3.63) is 47.6 Å². The van der Waals surface area contributed by atoms with Gasteiger partial charge in [0.15, 0.2) is 5.57 Å². The molecule has 1 fully saturated rings. The summed E-state index contributed by atoms with van der Waals surface area (Å²) in [4.78, 5) is 27.8. The lowest BCUT2D eigenvalue weighted by Gasteiger charge is -2.29. The summed E-state index contributed by atoms with van der Waals surface area (Å²) in [5.74, 6) is -2.82. The molecule has 1 aliphatic heterocycles. The van der Waals surface area contributed by atoms with Gasteiger partial charge in [0.1, 0.15) is 12.7 Å². The maximum atomic E-state index is 11.9. The van der Waals surface area contributed by atoms with Crippen LogP contribution in [0.15, 0.2) is 42.6 Å². The number of cyclic esters (lactones) is 2. The number of hydrogen-bond acceptors (Lipinski definition) is 7. The molecule has 0 saturated carbocycles. The minimum atomic E-state index is -1.28. The van der Waals surface area contributed by atoms with E-state index in [9.17, 15) is 9.59 Å². The quantitative estimate of drug-likeness (QED) is 0.515. The minimum absolute atomic E-state index is 0.251. The number of carbonyl (C=O) groups excluding carboxylic acids is 2. The van der Waals surface area contributed by atoms with E-state index in [2.05, 4.69) is 15.4 Å². The molecule has 0 aliphatic carbocycles. The molecule has 9 heteroatoms. The Morgan fingerprint density at radius 3 is 2.58 bits per heavy atom. The Morgan fingerprint density at radius 1 is 1.25 bits per heavy atom. The summed E-state index contributed by atoms with van der Waals surface area (Å²) in [5.41, 5.74) is 0.899. The first-order chi connectivity index (χ1) is 11.4. The Bertz CT molecular complexity index is 808. The third kappa shape index (κ3) is 3.23. The van der Waals surface area contributed by atoms with Crippen molar-refractivity contribution in [2.45, 2.75) is 19.6 Å². The topological polar surface area (TPSA) is 95.3 Å². The number of nitrogens with one attached hydrogen (secondary N) is 1. The molecule has 1 aliphatic rings. The van der Waals surface area contributed by atoms with Crippen molar-refractivity contribution in [2.75, 3.05) is 5.32 Å². The molecular formula is C15H13ClN4O4. The summed E-state index contributed by atoms with van der Waals surface area (Å²) in [5, 5.41) is 7.37. The number of esters is 2. The van der Waals surface area contributed by atoms with E-state index in [1.54, 1.807) is 18.2 Å². The van der Waals surface area contributed by atoms with Crippen LogP contribution in [0.5, 0.6) is 0 Å². The number of hydrogen-bond donors (Lipinski definition) is 1. The first kappa shape index (κ1) is 16.0. The van der Waals surface area contributed by atoms with Crippen LogP contribution in [0.3, 0.4) is 0 Å². The lowest BCUT2D eigenvalue weighted by molar-refractivity contribution is -0.222. The van der Waals surface area contributed by atoms with Crippen molar-refractivity contribution in [1.82, 2.24) is 14.8 Å². The van der Waals surface area contributed by atoms with E-state index >= 15 is 0 Å². The normalized spacial score (nSPS) is 16.4. The second-order valence-corrected chi connectivity index (χ2v) is 5.82. The van der Waals surface area contributed by atoms with E-state index in [1.165, 1.54) is 37.4 Å². The molecule has 1 aromatic heterocycles. The van der Waals surface area contributed by atoms with Crippen LogP contribution in [0, 0.1) is 0 Å². The number of carbonyl (C=O) groups is 2. The number of anilines is 1. The van der Waals surface area contributed by atoms with Gasteiger partial charge in [0.2, 0.25) is 0 Å². The molecule has 0 unspecified atom stereocenters. The number of benzene rings is 1. The van der Waals surface area contributed by atoms with E-state index in [4.69, 9.17) is 21.1 Å². The van der Waals surface area contributed by atoms with Crippen LogP contribution in [0.4, 0.5) is 5.69 Å². The largest absolute Gasteiger partial charge is 0.419 e. The number of nitrogens with zero attached hydrogens (tertiary/aromatic N) is 3. The molecule has 1 saturated heterocycles. The molecule has 124 valence electrons. The van der Waals surface area contributed by atoms with Crippen molar-refractivity contribution in [3.8, 4) is 5.69 Å².